The van der Waals surface area contributed by atoms with Crippen molar-refractivity contribution in [3.8, 4) is 11.4 Å². The third-order valence-electron chi connectivity index (χ3n) is 5.20. The summed E-state index contributed by atoms with van der Waals surface area (Å²) >= 11 is 0. The van der Waals surface area contributed by atoms with E-state index in [1.54, 1.807) is 13.0 Å². The maximum Gasteiger partial charge on any atom is 0.416 e. The van der Waals surface area contributed by atoms with E-state index in [0.29, 0.717) is 11.4 Å². The monoisotopic (exact) mass is 460 g/mol. The molecule has 0 saturated carbocycles. The molecule has 3 aromatic rings. The predicted molar refractivity (Wildman–Crippen MR) is 115 cm³/mol. The van der Waals surface area contributed by atoms with Crippen LogP contribution in [0.1, 0.15) is 39.7 Å². The lowest BCUT2D eigenvalue weighted by Crippen LogP contribution is -2.47. The van der Waals surface area contributed by atoms with Gasteiger partial charge in [-0.15, -0.1) is 0 Å². The van der Waals surface area contributed by atoms with E-state index >= 15 is 0 Å². The van der Waals surface area contributed by atoms with Crippen LogP contribution in [0.2, 0.25) is 0 Å². The van der Waals surface area contributed by atoms with Crippen molar-refractivity contribution in [2.24, 2.45) is 0 Å². The summed E-state index contributed by atoms with van der Waals surface area (Å²) in [5.74, 6) is -0.688. The number of carbonyl (C=O) groups excluding carboxylic acids is 2. The summed E-state index contributed by atoms with van der Waals surface area (Å²) in [6, 6.07) is 10.1. The lowest BCUT2D eigenvalue weighted by atomic mass is 10.1. The third-order valence-corrected chi connectivity index (χ3v) is 5.20. The van der Waals surface area contributed by atoms with E-state index in [-0.39, 0.29) is 11.3 Å². The SMILES string of the molecule is Cc1cccc(O[C@H](C)C(=O)NNC(=O)c2cnn(-c3cccc(C(F)(F)F)c3)c2C)c1C. The maximum absolute atomic E-state index is 13.0. The van der Waals surface area contributed by atoms with Crippen LogP contribution in [0.5, 0.6) is 5.75 Å². The normalized spacial score (nSPS) is 12.2. The first-order valence-corrected chi connectivity index (χ1v) is 10.0. The van der Waals surface area contributed by atoms with E-state index < -0.39 is 29.7 Å². The van der Waals surface area contributed by atoms with Crippen LogP contribution in [0.3, 0.4) is 0 Å². The maximum atomic E-state index is 13.0. The molecule has 1 atom stereocenters. The number of aryl methyl sites for hydroxylation is 1. The van der Waals surface area contributed by atoms with Crippen molar-refractivity contribution in [1.82, 2.24) is 20.6 Å². The number of hydrazine groups is 1. The average molecular weight is 460 g/mol. The molecule has 0 bridgehead atoms. The van der Waals surface area contributed by atoms with Gasteiger partial charge >= 0.3 is 6.18 Å². The van der Waals surface area contributed by atoms with Crippen LogP contribution in [0.4, 0.5) is 13.2 Å². The number of halogens is 3. The molecule has 2 N–H and O–H groups in total. The van der Waals surface area contributed by atoms with Crippen LogP contribution in [0.25, 0.3) is 5.69 Å². The van der Waals surface area contributed by atoms with Crippen molar-refractivity contribution in [3.05, 3.63) is 76.6 Å². The molecule has 0 radical (unpaired) electrons. The number of aromatic nitrogens is 2. The lowest BCUT2D eigenvalue weighted by Gasteiger charge is -2.17. The topological polar surface area (TPSA) is 85.2 Å². The number of amides is 2. The summed E-state index contributed by atoms with van der Waals surface area (Å²) < 4.78 is 45.9. The number of hydrogen-bond acceptors (Lipinski definition) is 4. The zero-order chi connectivity index (χ0) is 24.3. The Balaban J connectivity index is 1.66. The smallest absolute Gasteiger partial charge is 0.416 e. The zero-order valence-electron chi connectivity index (χ0n) is 18.4. The summed E-state index contributed by atoms with van der Waals surface area (Å²) in [7, 11) is 0. The highest BCUT2D eigenvalue weighted by Gasteiger charge is 2.31. The minimum absolute atomic E-state index is 0.0933. The molecule has 10 heteroatoms. The second-order valence-corrected chi connectivity index (χ2v) is 7.51. The number of benzene rings is 2. The van der Waals surface area contributed by atoms with E-state index in [1.807, 2.05) is 26.0 Å². The van der Waals surface area contributed by atoms with Gasteiger partial charge in [-0.2, -0.15) is 18.3 Å². The molecule has 3 rings (SSSR count). The highest BCUT2D eigenvalue weighted by atomic mass is 19.4. The lowest BCUT2D eigenvalue weighted by molar-refractivity contribution is -0.137. The molecule has 7 nitrogen and oxygen atoms in total. The van der Waals surface area contributed by atoms with Crippen LogP contribution >= 0.6 is 0 Å². The van der Waals surface area contributed by atoms with Gasteiger partial charge in [0.2, 0.25) is 0 Å². The van der Waals surface area contributed by atoms with Crippen molar-refractivity contribution in [3.63, 3.8) is 0 Å². The van der Waals surface area contributed by atoms with Crippen LogP contribution in [-0.4, -0.2) is 27.7 Å². The molecule has 174 valence electrons. The minimum atomic E-state index is -4.50. The van der Waals surface area contributed by atoms with Gasteiger partial charge in [0.1, 0.15) is 5.75 Å². The molecule has 33 heavy (non-hydrogen) atoms. The molecule has 0 unspecified atom stereocenters. The van der Waals surface area contributed by atoms with Crippen molar-refractivity contribution in [2.75, 3.05) is 0 Å². The van der Waals surface area contributed by atoms with Crippen molar-refractivity contribution in [2.45, 2.75) is 40.0 Å². The molecule has 0 aliphatic carbocycles. The largest absolute Gasteiger partial charge is 0.481 e. The Morgan fingerprint density at radius 3 is 2.45 bits per heavy atom. The Labute approximate surface area is 188 Å². The first-order chi connectivity index (χ1) is 15.5. The summed E-state index contributed by atoms with van der Waals surface area (Å²) in [5.41, 5.74) is 6.21. The van der Waals surface area contributed by atoms with Crippen LogP contribution < -0.4 is 15.6 Å². The molecular formula is C23H23F3N4O3. The van der Waals surface area contributed by atoms with E-state index in [9.17, 15) is 22.8 Å². The Kier molecular flexibility index (Phi) is 6.75. The molecule has 2 aromatic carbocycles. The predicted octanol–water partition coefficient (Wildman–Crippen LogP) is 4.04. The number of ether oxygens (including phenoxy) is 1. The standard InChI is InChI=1S/C23H23F3N4O3/c1-13-7-5-10-20(14(13)2)33-16(4)21(31)28-29-22(32)19-12-27-30(15(19)3)18-9-6-8-17(11-18)23(24,25)26/h5-12,16H,1-4H3,(H,28,31)(H,29,32)/t16-/m1/s1. The van der Waals surface area contributed by atoms with Gasteiger partial charge in [-0.3, -0.25) is 20.4 Å². The molecule has 0 aliphatic heterocycles. The van der Waals surface area contributed by atoms with Crippen molar-refractivity contribution >= 4 is 11.8 Å². The van der Waals surface area contributed by atoms with E-state index in [1.165, 1.54) is 29.9 Å². The summed E-state index contributed by atoms with van der Waals surface area (Å²) in [6.45, 7) is 6.88. The van der Waals surface area contributed by atoms with Gasteiger partial charge in [-0.1, -0.05) is 18.2 Å². The molecule has 0 fully saturated rings. The number of nitrogens with zero attached hydrogens (tertiary/aromatic N) is 2. The van der Waals surface area contributed by atoms with Crippen molar-refractivity contribution in [1.29, 1.82) is 0 Å². The fourth-order valence-corrected chi connectivity index (χ4v) is 3.09. The summed E-state index contributed by atoms with van der Waals surface area (Å²) in [5, 5.41) is 4.02. The Morgan fingerprint density at radius 1 is 1.06 bits per heavy atom. The number of nitrogens with one attached hydrogen (secondary N) is 2. The number of hydrogen-bond donors (Lipinski definition) is 2. The van der Waals surface area contributed by atoms with Crippen LogP contribution in [-0.2, 0) is 11.0 Å². The number of alkyl halides is 3. The fourth-order valence-electron chi connectivity index (χ4n) is 3.09. The first kappa shape index (κ1) is 23.8. The first-order valence-electron chi connectivity index (χ1n) is 10.0. The van der Waals surface area contributed by atoms with Crippen molar-refractivity contribution < 1.29 is 27.5 Å². The van der Waals surface area contributed by atoms with Gasteiger partial charge in [0, 0.05) is 0 Å². The highest BCUT2D eigenvalue weighted by Crippen LogP contribution is 2.30. The number of rotatable bonds is 5. The van der Waals surface area contributed by atoms with Gasteiger partial charge in [-0.25, -0.2) is 4.68 Å². The van der Waals surface area contributed by atoms with Gasteiger partial charge in [0.05, 0.1) is 28.7 Å². The summed E-state index contributed by atoms with van der Waals surface area (Å²) in [4.78, 5) is 24.9. The quantitative estimate of drug-likeness (QED) is 0.563. The van der Waals surface area contributed by atoms with E-state index in [0.717, 1.165) is 23.3 Å². The Bertz CT molecular complexity index is 1190. The molecular weight excluding hydrogens is 437 g/mol. The fraction of sp³-hybridized carbons (Fsp3) is 0.261. The van der Waals surface area contributed by atoms with Gasteiger partial charge < -0.3 is 4.74 Å². The number of carbonyl (C=O) groups is 2. The average Bonchev–Trinajstić information content (AvgIpc) is 3.15. The minimum Gasteiger partial charge on any atom is -0.481 e. The second-order valence-electron chi connectivity index (χ2n) is 7.51. The highest BCUT2D eigenvalue weighted by molar-refractivity contribution is 5.96. The molecule has 1 aromatic heterocycles. The second kappa shape index (κ2) is 9.35. The van der Waals surface area contributed by atoms with E-state index in [4.69, 9.17) is 4.74 Å². The van der Waals surface area contributed by atoms with Gasteiger partial charge in [0.15, 0.2) is 6.10 Å². The van der Waals surface area contributed by atoms with Gasteiger partial charge in [-0.05, 0) is 63.1 Å². The van der Waals surface area contributed by atoms with E-state index in [2.05, 4.69) is 16.0 Å². The van der Waals surface area contributed by atoms with Crippen LogP contribution in [0.15, 0.2) is 48.7 Å². The molecule has 0 spiro atoms. The molecule has 1 heterocycles. The van der Waals surface area contributed by atoms with Gasteiger partial charge in [0.25, 0.3) is 11.8 Å². The zero-order valence-corrected chi connectivity index (χ0v) is 18.4. The summed E-state index contributed by atoms with van der Waals surface area (Å²) in [6.07, 6.45) is -4.18. The van der Waals surface area contributed by atoms with Crippen LogP contribution in [0, 0.1) is 20.8 Å². The third kappa shape index (κ3) is 5.33. The Morgan fingerprint density at radius 2 is 1.76 bits per heavy atom. The molecule has 0 aliphatic rings. The Hall–Kier alpha value is -3.82. The molecule has 0 saturated heterocycles. The molecule has 2 amide bonds.